The second kappa shape index (κ2) is 4.32. The summed E-state index contributed by atoms with van der Waals surface area (Å²) in [5.74, 6) is 0.105. The number of halogens is 3. The summed E-state index contributed by atoms with van der Waals surface area (Å²) in [4.78, 5) is 0. The van der Waals surface area contributed by atoms with E-state index in [1.54, 1.807) is 6.07 Å². The van der Waals surface area contributed by atoms with Crippen molar-refractivity contribution in [2.75, 3.05) is 6.61 Å². The van der Waals surface area contributed by atoms with Gasteiger partial charge in [0.15, 0.2) is 6.61 Å². The highest BCUT2D eigenvalue weighted by Gasteiger charge is 2.28. The van der Waals surface area contributed by atoms with E-state index in [0.717, 1.165) is 0 Å². The summed E-state index contributed by atoms with van der Waals surface area (Å²) < 4.78 is 39.7. The van der Waals surface area contributed by atoms with Crippen molar-refractivity contribution in [2.45, 2.75) is 12.8 Å². The van der Waals surface area contributed by atoms with E-state index in [4.69, 9.17) is 5.11 Å². The monoisotopic (exact) mass is 206 g/mol. The predicted molar refractivity (Wildman–Crippen MR) is 43.9 cm³/mol. The number of ether oxygens (including phenoxy) is 1. The Bertz CT molecular complexity index is 296. The number of hydrogen-bond donors (Lipinski definition) is 1. The summed E-state index contributed by atoms with van der Waals surface area (Å²) >= 11 is 0. The Morgan fingerprint density at radius 2 is 2.00 bits per heavy atom. The van der Waals surface area contributed by atoms with E-state index in [0.29, 0.717) is 5.56 Å². The SMILES string of the molecule is OCc1cccc(OCC(F)(F)F)c1. The first-order valence-electron chi connectivity index (χ1n) is 3.90. The maximum absolute atomic E-state index is 11.7. The predicted octanol–water partition coefficient (Wildman–Crippen LogP) is 2.12. The second-order valence-corrected chi connectivity index (χ2v) is 2.71. The van der Waals surface area contributed by atoms with Gasteiger partial charge < -0.3 is 9.84 Å². The van der Waals surface area contributed by atoms with Crippen LogP contribution in [0.15, 0.2) is 24.3 Å². The zero-order valence-corrected chi connectivity index (χ0v) is 7.21. The van der Waals surface area contributed by atoms with Crippen molar-refractivity contribution in [1.29, 1.82) is 0 Å². The van der Waals surface area contributed by atoms with Gasteiger partial charge in [-0.15, -0.1) is 0 Å². The summed E-state index contributed by atoms with van der Waals surface area (Å²) in [6, 6.07) is 5.90. The Hall–Kier alpha value is -1.23. The van der Waals surface area contributed by atoms with E-state index >= 15 is 0 Å². The number of alkyl halides is 3. The number of hydrogen-bond acceptors (Lipinski definition) is 2. The first-order chi connectivity index (χ1) is 6.51. The second-order valence-electron chi connectivity index (χ2n) is 2.71. The summed E-state index contributed by atoms with van der Waals surface area (Å²) in [5.41, 5.74) is 0.518. The third kappa shape index (κ3) is 3.66. The van der Waals surface area contributed by atoms with Gasteiger partial charge >= 0.3 is 6.18 Å². The van der Waals surface area contributed by atoms with Gasteiger partial charge in [0.05, 0.1) is 6.61 Å². The maximum Gasteiger partial charge on any atom is 0.422 e. The van der Waals surface area contributed by atoms with Crippen molar-refractivity contribution in [2.24, 2.45) is 0 Å². The summed E-state index contributed by atoms with van der Waals surface area (Å²) in [5, 5.41) is 8.71. The van der Waals surface area contributed by atoms with Crippen LogP contribution in [0.5, 0.6) is 5.75 Å². The quantitative estimate of drug-likeness (QED) is 0.820. The van der Waals surface area contributed by atoms with E-state index in [1.165, 1.54) is 18.2 Å². The zero-order chi connectivity index (χ0) is 10.6. The molecular weight excluding hydrogens is 197 g/mol. The Morgan fingerprint density at radius 3 is 2.57 bits per heavy atom. The minimum atomic E-state index is -4.34. The topological polar surface area (TPSA) is 29.5 Å². The molecule has 1 aromatic carbocycles. The first kappa shape index (κ1) is 10.8. The van der Waals surface area contributed by atoms with Crippen molar-refractivity contribution in [3.63, 3.8) is 0 Å². The number of aliphatic hydroxyl groups is 1. The largest absolute Gasteiger partial charge is 0.484 e. The highest BCUT2D eigenvalue weighted by Crippen LogP contribution is 2.19. The Balaban J connectivity index is 2.59. The van der Waals surface area contributed by atoms with E-state index in [1.807, 2.05) is 0 Å². The van der Waals surface area contributed by atoms with Crippen LogP contribution in [-0.4, -0.2) is 17.9 Å². The molecule has 0 unspecified atom stereocenters. The summed E-state index contributed by atoms with van der Waals surface area (Å²) in [7, 11) is 0. The molecule has 78 valence electrons. The van der Waals surface area contributed by atoms with E-state index < -0.39 is 12.8 Å². The van der Waals surface area contributed by atoms with Gasteiger partial charge in [-0.2, -0.15) is 13.2 Å². The van der Waals surface area contributed by atoms with Crippen molar-refractivity contribution in [3.8, 4) is 5.75 Å². The maximum atomic E-state index is 11.7. The van der Waals surface area contributed by atoms with Gasteiger partial charge in [-0.3, -0.25) is 0 Å². The van der Waals surface area contributed by atoms with Gasteiger partial charge in [-0.05, 0) is 17.7 Å². The van der Waals surface area contributed by atoms with Gasteiger partial charge in [0.2, 0.25) is 0 Å². The molecule has 0 aliphatic carbocycles. The molecule has 2 nitrogen and oxygen atoms in total. The van der Waals surface area contributed by atoms with Crippen molar-refractivity contribution < 1.29 is 23.0 Å². The Kier molecular flexibility index (Phi) is 3.35. The summed E-state index contributed by atoms with van der Waals surface area (Å²) in [6.45, 7) is -1.54. The zero-order valence-electron chi connectivity index (χ0n) is 7.21. The average molecular weight is 206 g/mol. The van der Waals surface area contributed by atoms with E-state index in [9.17, 15) is 13.2 Å². The molecule has 0 fully saturated rings. The fourth-order valence-corrected chi connectivity index (χ4v) is 0.899. The molecule has 0 radical (unpaired) electrons. The molecular formula is C9H9F3O2. The summed E-state index contributed by atoms with van der Waals surface area (Å²) in [6.07, 6.45) is -4.34. The molecule has 0 aliphatic heterocycles. The average Bonchev–Trinajstić information content (AvgIpc) is 2.14. The Morgan fingerprint density at radius 1 is 1.29 bits per heavy atom. The standard InChI is InChI=1S/C9H9F3O2/c10-9(11,12)6-14-8-3-1-2-7(4-8)5-13/h1-4,13H,5-6H2. The van der Waals surface area contributed by atoms with Crippen LogP contribution < -0.4 is 4.74 Å². The minimum Gasteiger partial charge on any atom is -0.484 e. The van der Waals surface area contributed by atoms with Gasteiger partial charge in [-0.25, -0.2) is 0 Å². The molecule has 0 aliphatic rings. The van der Waals surface area contributed by atoms with Crippen LogP contribution in [-0.2, 0) is 6.61 Å². The normalized spacial score (nSPS) is 11.4. The molecule has 0 saturated carbocycles. The molecule has 0 bridgehead atoms. The van der Waals surface area contributed by atoms with Crippen molar-refractivity contribution in [3.05, 3.63) is 29.8 Å². The van der Waals surface area contributed by atoms with Crippen LogP contribution in [0.3, 0.4) is 0 Å². The van der Waals surface area contributed by atoms with Crippen LogP contribution in [0.1, 0.15) is 5.56 Å². The molecule has 1 N–H and O–H groups in total. The van der Waals surface area contributed by atoms with Gasteiger partial charge in [0.25, 0.3) is 0 Å². The molecule has 0 aromatic heterocycles. The smallest absolute Gasteiger partial charge is 0.422 e. The van der Waals surface area contributed by atoms with E-state index in [-0.39, 0.29) is 12.4 Å². The molecule has 5 heteroatoms. The fraction of sp³-hybridized carbons (Fsp3) is 0.333. The van der Waals surface area contributed by atoms with Crippen LogP contribution in [0.25, 0.3) is 0 Å². The molecule has 1 aromatic rings. The first-order valence-corrected chi connectivity index (χ1v) is 3.90. The number of benzene rings is 1. The van der Waals surface area contributed by atoms with Crippen LogP contribution >= 0.6 is 0 Å². The third-order valence-corrected chi connectivity index (χ3v) is 1.48. The lowest BCUT2D eigenvalue weighted by Gasteiger charge is -2.09. The van der Waals surface area contributed by atoms with Gasteiger partial charge in [0.1, 0.15) is 5.75 Å². The minimum absolute atomic E-state index is 0.105. The van der Waals surface area contributed by atoms with Crippen molar-refractivity contribution >= 4 is 0 Å². The number of rotatable bonds is 3. The fourth-order valence-electron chi connectivity index (χ4n) is 0.899. The molecule has 0 spiro atoms. The lowest BCUT2D eigenvalue weighted by Crippen LogP contribution is -2.19. The lowest BCUT2D eigenvalue weighted by atomic mass is 10.2. The Labute approximate surface area is 78.9 Å². The molecule has 0 amide bonds. The van der Waals surface area contributed by atoms with Gasteiger partial charge in [-0.1, -0.05) is 12.1 Å². The van der Waals surface area contributed by atoms with E-state index in [2.05, 4.69) is 4.74 Å². The molecule has 0 saturated heterocycles. The van der Waals surface area contributed by atoms with Gasteiger partial charge in [0, 0.05) is 0 Å². The van der Waals surface area contributed by atoms with Crippen LogP contribution in [0.4, 0.5) is 13.2 Å². The lowest BCUT2D eigenvalue weighted by molar-refractivity contribution is -0.153. The molecule has 0 heterocycles. The number of aliphatic hydroxyl groups excluding tert-OH is 1. The highest BCUT2D eigenvalue weighted by molar-refractivity contribution is 5.27. The molecule has 1 rings (SSSR count). The van der Waals surface area contributed by atoms with Crippen molar-refractivity contribution in [1.82, 2.24) is 0 Å². The third-order valence-electron chi connectivity index (χ3n) is 1.48. The molecule has 14 heavy (non-hydrogen) atoms. The van der Waals surface area contributed by atoms with Crippen LogP contribution in [0, 0.1) is 0 Å². The molecule has 0 atom stereocenters. The highest BCUT2D eigenvalue weighted by atomic mass is 19.4. The van der Waals surface area contributed by atoms with Crippen LogP contribution in [0.2, 0.25) is 0 Å².